The Morgan fingerprint density at radius 1 is 1.15 bits per heavy atom. The van der Waals surface area contributed by atoms with Crippen molar-refractivity contribution in [1.82, 2.24) is 9.80 Å². The second-order valence-electron chi connectivity index (χ2n) is 11.3. The molecule has 1 aromatic rings. The molecule has 6 N–H and O–H groups in total. The van der Waals surface area contributed by atoms with Crippen molar-refractivity contribution in [2.45, 2.75) is 64.1 Å². The van der Waals surface area contributed by atoms with E-state index < -0.39 is 69.6 Å². The van der Waals surface area contributed by atoms with Gasteiger partial charge in [0.1, 0.15) is 28.7 Å². The number of rotatable bonds is 9. The van der Waals surface area contributed by atoms with Crippen molar-refractivity contribution in [3.05, 3.63) is 45.5 Å². The molecule has 0 saturated heterocycles. The molecule has 1 fully saturated rings. The second kappa shape index (κ2) is 10.9. The van der Waals surface area contributed by atoms with Crippen LogP contribution in [0.25, 0.3) is 5.76 Å². The molecule has 3 aliphatic rings. The van der Waals surface area contributed by atoms with Crippen LogP contribution < -0.4 is 5.73 Å². The lowest BCUT2D eigenvalue weighted by Crippen LogP contribution is -2.65. The molecule has 1 saturated carbocycles. The maximum Gasteiger partial charge on any atom is 0.255 e. The number of phenolic OH excluding ortho intramolecular Hbond substituents is 1. The number of fused-ring (bicyclic) bond motifs is 3. The average molecular weight is 560 g/mol. The standard InChI is InChI=1S/C29H38FN3O7/c1-5-7-9-33(8-6-2)13-15-12-18(34)20-16(22(15)30)10-14-11-17-23(32(3)4)25(36)21(28(31)39)27(38)29(17,40)26(37)19(14)24(20)35/h12,14,17,23,34-35,38,40H,5-11,13H2,1-4H3,(H2,31,39)/t14-,17-,23-,29-/m0/s1. The van der Waals surface area contributed by atoms with E-state index in [-0.39, 0.29) is 41.6 Å². The van der Waals surface area contributed by atoms with Crippen molar-refractivity contribution in [3.8, 4) is 5.75 Å². The second-order valence-corrected chi connectivity index (χ2v) is 11.3. The van der Waals surface area contributed by atoms with Gasteiger partial charge in [-0.2, -0.15) is 0 Å². The van der Waals surface area contributed by atoms with Crippen LogP contribution in [0.1, 0.15) is 56.2 Å². The van der Waals surface area contributed by atoms with E-state index >= 15 is 4.39 Å². The molecule has 1 amide bonds. The van der Waals surface area contributed by atoms with Crippen molar-refractivity contribution in [1.29, 1.82) is 0 Å². The van der Waals surface area contributed by atoms with Gasteiger partial charge < -0.3 is 26.2 Å². The predicted octanol–water partition coefficient (Wildman–Crippen LogP) is 2.12. The van der Waals surface area contributed by atoms with Gasteiger partial charge in [-0.05, 0) is 64.9 Å². The number of nitrogens with two attached hydrogens (primary N) is 1. The minimum absolute atomic E-state index is 0.0487. The molecule has 0 aromatic heterocycles. The van der Waals surface area contributed by atoms with Crippen LogP contribution in [-0.2, 0) is 27.3 Å². The van der Waals surface area contributed by atoms with Gasteiger partial charge in [0, 0.05) is 29.2 Å². The summed E-state index contributed by atoms with van der Waals surface area (Å²) in [7, 11) is 3.05. The molecule has 0 spiro atoms. The predicted molar refractivity (Wildman–Crippen MR) is 145 cm³/mol. The van der Waals surface area contributed by atoms with Gasteiger partial charge in [0.05, 0.1) is 11.6 Å². The third-order valence-corrected chi connectivity index (χ3v) is 8.49. The molecule has 4 atom stereocenters. The molecular formula is C29H38FN3O7. The van der Waals surface area contributed by atoms with Crippen LogP contribution in [0.15, 0.2) is 23.0 Å². The van der Waals surface area contributed by atoms with Gasteiger partial charge in [-0.15, -0.1) is 0 Å². The van der Waals surface area contributed by atoms with Gasteiger partial charge in [-0.25, -0.2) is 4.39 Å². The van der Waals surface area contributed by atoms with E-state index in [2.05, 4.69) is 11.8 Å². The first-order valence-corrected chi connectivity index (χ1v) is 13.7. The van der Waals surface area contributed by atoms with E-state index in [1.165, 1.54) is 25.1 Å². The molecule has 0 radical (unpaired) electrons. The van der Waals surface area contributed by atoms with Crippen LogP contribution in [0.5, 0.6) is 5.75 Å². The lowest BCUT2D eigenvalue weighted by atomic mass is 9.57. The number of carbonyl (C=O) groups is 3. The Balaban J connectivity index is 1.85. The van der Waals surface area contributed by atoms with Crippen LogP contribution in [0.2, 0.25) is 0 Å². The van der Waals surface area contributed by atoms with Crippen LogP contribution >= 0.6 is 0 Å². The molecule has 0 heterocycles. The van der Waals surface area contributed by atoms with Gasteiger partial charge in [0.25, 0.3) is 5.91 Å². The summed E-state index contributed by atoms with van der Waals surface area (Å²) in [6, 6.07) is 0.0532. The molecule has 1 aromatic carbocycles. The minimum atomic E-state index is -2.72. The molecule has 218 valence electrons. The third kappa shape index (κ3) is 4.49. The number of hydrogen-bond donors (Lipinski definition) is 5. The van der Waals surface area contributed by atoms with E-state index in [0.717, 1.165) is 32.4 Å². The highest BCUT2D eigenvalue weighted by atomic mass is 19.1. The number of aromatic hydroxyl groups is 1. The fraction of sp³-hybridized carbons (Fsp3) is 0.552. The molecule has 0 unspecified atom stereocenters. The van der Waals surface area contributed by atoms with Crippen molar-refractivity contribution >= 4 is 23.2 Å². The van der Waals surface area contributed by atoms with Gasteiger partial charge >= 0.3 is 0 Å². The Bertz CT molecular complexity index is 1320. The highest BCUT2D eigenvalue weighted by Crippen LogP contribution is 2.53. The number of carbonyl (C=O) groups excluding carboxylic acids is 3. The molecule has 40 heavy (non-hydrogen) atoms. The third-order valence-electron chi connectivity index (χ3n) is 8.49. The van der Waals surface area contributed by atoms with E-state index in [1.54, 1.807) is 0 Å². The fourth-order valence-electron chi connectivity index (χ4n) is 6.67. The topological polar surface area (TPSA) is 165 Å². The summed E-state index contributed by atoms with van der Waals surface area (Å²) in [5, 5.41) is 44.7. The van der Waals surface area contributed by atoms with E-state index in [0.29, 0.717) is 0 Å². The van der Waals surface area contributed by atoms with Crippen molar-refractivity contribution in [2.24, 2.45) is 17.6 Å². The maximum atomic E-state index is 16.0. The molecule has 10 nitrogen and oxygen atoms in total. The number of hydrogen-bond acceptors (Lipinski definition) is 9. The number of aliphatic hydroxyl groups is 3. The van der Waals surface area contributed by atoms with Gasteiger partial charge in [-0.3, -0.25) is 24.2 Å². The molecule has 11 heteroatoms. The first-order valence-electron chi connectivity index (χ1n) is 13.7. The number of ketones is 2. The number of unbranched alkanes of at least 4 members (excludes halogenated alkanes) is 1. The highest BCUT2D eigenvalue weighted by Gasteiger charge is 2.64. The first-order chi connectivity index (χ1) is 18.8. The van der Waals surface area contributed by atoms with E-state index in [4.69, 9.17) is 5.73 Å². The summed E-state index contributed by atoms with van der Waals surface area (Å²) in [6.07, 6.45) is 2.61. The lowest BCUT2D eigenvalue weighted by molar-refractivity contribution is -0.153. The average Bonchev–Trinajstić information content (AvgIpc) is 2.87. The van der Waals surface area contributed by atoms with Gasteiger partial charge in [0.2, 0.25) is 5.78 Å². The zero-order valence-corrected chi connectivity index (χ0v) is 23.3. The van der Waals surface area contributed by atoms with Crippen LogP contribution in [0.4, 0.5) is 4.39 Å². The normalized spacial score (nSPS) is 26.4. The molecule has 0 bridgehead atoms. The van der Waals surface area contributed by atoms with Crippen molar-refractivity contribution in [2.75, 3.05) is 27.2 Å². The Kier molecular flexibility index (Phi) is 8.13. The number of likely N-dealkylation sites (N-methyl/N-ethyl adjacent to an activating group) is 1. The number of aliphatic hydroxyl groups excluding tert-OH is 2. The van der Waals surface area contributed by atoms with Crippen LogP contribution in [-0.4, -0.2) is 86.5 Å². The zero-order chi connectivity index (χ0) is 29.7. The quantitative estimate of drug-likeness (QED) is 0.285. The summed E-state index contributed by atoms with van der Waals surface area (Å²) in [5.74, 6) is -8.14. The van der Waals surface area contributed by atoms with Crippen molar-refractivity contribution < 1.29 is 39.2 Å². The van der Waals surface area contributed by atoms with E-state index in [9.17, 15) is 34.8 Å². The first kappa shape index (κ1) is 29.7. The Hall–Kier alpha value is -3.28. The monoisotopic (exact) mass is 559 g/mol. The number of nitrogens with zero attached hydrogens (tertiary/aromatic N) is 2. The summed E-state index contributed by atoms with van der Waals surface area (Å²) in [4.78, 5) is 42.6. The number of primary amides is 1. The lowest BCUT2D eigenvalue weighted by Gasteiger charge is -2.50. The molecule has 0 aliphatic heterocycles. The zero-order valence-electron chi connectivity index (χ0n) is 23.3. The number of Topliss-reactive ketones (excluding diaryl/α,β-unsaturated/α-hetero) is 2. The Morgan fingerprint density at radius 3 is 2.40 bits per heavy atom. The largest absolute Gasteiger partial charge is 0.508 e. The molecule has 3 aliphatic carbocycles. The van der Waals surface area contributed by atoms with Gasteiger partial charge in [0.15, 0.2) is 11.4 Å². The SMILES string of the molecule is CCCCN(CCC)Cc1cc(O)c2c(c1F)C[C@H]1C[C@H]3[C@H](N(C)C)C(=O)C(C(N)=O)=C(O)[C@@]3(O)C(=O)C1=C2O. The van der Waals surface area contributed by atoms with Crippen molar-refractivity contribution in [3.63, 3.8) is 0 Å². The minimum Gasteiger partial charge on any atom is -0.508 e. The number of halogens is 1. The van der Waals surface area contributed by atoms with Gasteiger partial charge in [-0.1, -0.05) is 20.3 Å². The van der Waals surface area contributed by atoms with Crippen LogP contribution in [0.3, 0.4) is 0 Å². The van der Waals surface area contributed by atoms with E-state index in [1.807, 2.05) is 6.92 Å². The summed E-state index contributed by atoms with van der Waals surface area (Å²) in [6.45, 7) is 5.86. The smallest absolute Gasteiger partial charge is 0.255 e. The number of amides is 1. The summed E-state index contributed by atoms with van der Waals surface area (Å²) in [5.41, 5.74) is 1.50. The fourth-order valence-corrected chi connectivity index (χ4v) is 6.67. The summed E-state index contributed by atoms with van der Waals surface area (Å²) < 4.78 is 16.0. The summed E-state index contributed by atoms with van der Waals surface area (Å²) >= 11 is 0. The number of phenols is 1. The molecular weight excluding hydrogens is 521 g/mol. The highest BCUT2D eigenvalue weighted by molar-refractivity contribution is 6.24. The van der Waals surface area contributed by atoms with Crippen LogP contribution in [0, 0.1) is 17.7 Å². The molecule has 4 rings (SSSR count). The Morgan fingerprint density at radius 2 is 1.82 bits per heavy atom. The Labute approximate surface area is 232 Å². The number of benzene rings is 1. The maximum absolute atomic E-state index is 16.0.